The van der Waals surface area contributed by atoms with Crippen molar-refractivity contribution in [2.45, 2.75) is 42.4 Å². The van der Waals surface area contributed by atoms with Crippen molar-refractivity contribution >= 4 is 33.0 Å². The molecule has 0 bridgehead atoms. The van der Waals surface area contributed by atoms with Crippen LogP contribution in [-0.2, 0) is 21.2 Å². The van der Waals surface area contributed by atoms with Crippen molar-refractivity contribution in [3.8, 4) is 0 Å². The highest BCUT2D eigenvalue weighted by Gasteiger charge is 2.27. The van der Waals surface area contributed by atoms with Crippen LogP contribution in [0.2, 0.25) is 0 Å². The molecule has 29 heavy (non-hydrogen) atoms. The predicted octanol–water partition coefficient (Wildman–Crippen LogP) is 3.18. The summed E-state index contributed by atoms with van der Waals surface area (Å²) in [5, 5.41) is 1.73. The number of piperazine rings is 1. The number of nitrogens with one attached hydrogen (secondary N) is 1. The molecule has 1 amide bonds. The van der Waals surface area contributed by atoms with Crippen LogP contribution in [0.4, 0.5) is 5.69 Å². The molecule has 8 heteroatoms. The normalized spacial score (nSPS) is 18.8. The van der Waals surface area contributed by atoms with Gasteiger partial charge in [0.25, 0.3) is 10.0 Å². The number of carbonyl (C=O) groups excluding carboxylic acids is 1. The number of sulfonamides is 1. The molecule has 1 saturated carbocycles. The van der Waals surface area contributed by atoms with Crippen LogP contribution >= 0.6 is 11.3 Å². The molecule has 1 aromatic heterocycles. The average Bonchev–Trinajstić information content (AvgIpc) is 3.44. The molecule has 1 aliphatic carbocycles. The number of rotatable bonds is 6. The first-order valence-electron chi connectivity index (χ1n) is 10.2. The smallest absolute Gasteiger partial charge is 0.271 e. The van der Waals surface area contributed by atoms with E-state index in [0.29, 0.717) is 12.1 Å². The van der Waals surface area contributed by atoms with E-state index in [-0.39, 0.29) is 10.1 Å². The molecule has 2 heterocycles. The molecule has 1 aromatic carbocycles. The quantitative estimate of drug-likeness (QED) is 0.760. The lowest BCUT2D eigenvalue weighted by molar-refractivity contribution is -0.132. The number of hydrogen-bond acceptors (Lipinski definition) is 5. The number of anilines is 1. The Hall–Kier alpha value is -1.90. The summed E-state index contributed by atoms with van der Waals surface area (Å²) in [7, 11) is -3.55. The molecule has 156 valence electrons. The minimum atomic E-state index is -3.55. The number of carbonyl (C=O) groups is 1. The summed E-state index contributed by atoms with van der Waals surface area (Å²) in [5.41, 5.74) is 1.40. The summed E-state index contributed by atoms with van der Waals surface area (Å²) < 4.78 is 27.4. The number of nitrogens with zero attached hydrogens (tertiary/aromatic N) is 2. The molecule has 4 rings (SSSR count). The third-order valence-electron chi connectivity index (χ3n) is 5.83. The third-order valence-corrected chi connectivity index (χ3v) is 8.61. The molecule has 0 radical (unpaired) electrons. The van der Waals surface area contributed by atoms with Crippen molar-refractivity contribution in [3.05, 3.63) is 47.3 Å². The van der Waals surface area contributed by atoms with E-state index in [4.69, 9.17) is 0 Å². The zero-order valence-electron chi connectivity index (χ0n) is 16.4. The van der Waals surface area contributed by atoms with Crippen LogP contribution in [0.3, 0.4) is 0 Å². The maximum Gasteiger partial charge on any atom is 0.271 e. The van der Waals surface area contributed by atoms with Crippen LogP contribution in [0.25, 0.3) is 0 Å². The van der Waals surface area contributed by atoms with Crippen LogP contribution in [0.5, 0.6) is 0 Å². The van der Waals surface area contributed by atoms with Gasteiger partial charge >= 0.3 is 0 Å². The Morgan fingerprint density at radius 3 is 2.34 bits per heavy atom. The minimum Gasteiger partial charge on any atom is -0.340 e. The van der Waals surface area contributed by atoms with E-state index in [2.05, 4.69) is 9.62 Å². The molecule has 1 saturated heterocycles. The van der Waals surface area contributed by atoms with Crippen molar-refractivity contribution in [2.24, 2.45) is 0 Å². The van der Waals surface area contributed by atoms with E-state index in [1.54, 1.807) is 29.6 Å². The monoisotopic (exact) mass is 433 g/mol. The van der Waals surface area contributed by atoms with Gasteiger partial charge in [-0.05, 0) is 42.0 Å². The summed E-state index contributed by atoms with van der Waals surface area (Å²) in [6.45, 7) is 3.54. The SMILES string of the molecule is O=C(Cc1ccc(NS(=O)(=O)c2cccs2)cc1)N1CCN(C2CCCC2)CC1. The Bertz CT molecular complexity index is 913. The van der Waals surface area contributed by atoms with Crippen LogP contribution in [0, 0.1) is 0 Å². The number of thiophene rings is 1. The van der Waals surface area contributed by atoms with Gasteiger partial charge in [-0.15, -0.1) is 11.3 Å². The summed E-state index contributed by atoms with van der Waals surface area (Å²) in [4.78, 5) is 17.2. The fourth-order valence-corrected chi connectivity index (χ4v) is 6.26. The van der Waals surface area contributed by atoms with Crippen molar-refractivity contribution in [3.63, 3.8) is 0 Å². The van der Waals surface area contributed by atoms with E-state index >= 15 is 0 Å². The van der Waals surface area contributed by atoms with Gasteiger partial charge in [0.2, 0.25) is 5.91 Å². The second-order valence-corrected chi connectivity index (χ2v) is 10.6. The summed E-state index contributed by atoms with van der Waals surface area (Å²) in [5.74, 6) is 0.142. The summed E-state index contributed by atoms with van der Waals surface area (Å²) >= 11 is 1.18. The Morgan fingerprint density at radius 1 is 1.03 bits per heavy atom. The van der Waals surface area contributed by atoms with Crippen LogP contribution in [0.15, 0.2) is 46.0 Å². The van der Waals surface area contributed by atoms with Gasteiger partial charge in [0, 0.05) is 37.9 Å². The molecule has 0 spiro atoms. The summed E-state index contributed by atoms with van der Waals surface area (Å²) in [6, 6.07) is 11.1. The lowest BCUT2D eigenvalue weighted by Gasteiger charge is -2.38. The van der Waals surface area contributed by atoms with Gasteiger partial charge < -0.3 is 4.90 Å². The van der Waals surface area contributed by atoms with E-state index in [0.717, 1.165) is 37.8 Å². The molecular weight excluding hydrogens is 406 g/mol. The van der Waals surface area contributed by atoms with Crippen molar-refractivity contribution in [1.82, 2.24) is 9.80 Å². The van der Waals surface area contributed by atoms with Crippen molar-refractivity contribution in [2.75, 3.05) is 30.9 Å². The first kappa shape index (κ1) is 20.4. The molecule has 1 aliphatic heterocycles. The van der Waals surface area contributed by atoms with Crippen LogP contribution in [0.1, 0.15) is 31.2 Å². The maximum atomic E-state index is 12.7. The third kappa shape index (κ3) is 4.99. The molecule has 6 nitrogen and oxygen atoms in total. The van der Waals surface area contributed by atoms with Gasteiger partial charge in [-0.3, -0.25) is 14.4 Å². The highest BCUT2D eigenvalue weighted by Crippen LogP contribution is 2.24. The lowest BCUT2D eigenvalue weighted by Crippen LogP contribution is -2.51. The topological polar surface area (TPSA) is 69.7 Å². The van der Waals surface area contributed by atoms with Gasteiger partial charge in [0.1, 0.15) is 4.21 Å². The van der Waals surface area contributed by atoms with Gasteiger partial charge in [0.15, 0.2) is 0 Å². The van der Waals surface area contributed by atoms with Gasteiger partial charge in [-0.25, -0.2) is 8.42 Å². The zero-order chi connectivity index (χ0) is 20.3. The average molecular weight is 434 g/mol. The molecule has 2 aromatic rings. The molecule has 2 aliphatic rings. The zero-order valence-corrected chi connectivity index (χ0v) is 18.1. The molecule has 0 atom stereocenters. The maximum absolute atomic E-state index is 12.7. The Morgan fingerprint density at radius 2 is 1.72 bits per heavy atom. The Kier molecular flexibility index (Phi) is 6.22. The molecule has 0 unspecified atom stereocenters. The predicted molar refractivity (Wildman–Crippen MR) is 116 cm³/mol. The van der Waals surface area contributed by atoms with Crippen molar-refractivity contribution in [1.29, 1.82) is 0 Å². The largest absolute Gasteiger partial charge is 0.340 e. The number of amides is 1. The van der Waals surface area contributed by atoms with Crippen molar-refractivity contribution < 1.29 is 13.2 Å². The first-order chi connectivity index (χ1) is 14.0. The van der Waals surface area contributed by atoms with Gasteiger partial charge in [-0.2, -0.15) is 0 Å². The Balaban J connectivity index is 1.29. The molecular formula is C21H27N3O3S2. The van der Waals surface area contributed by atoms with E-state index in [1.807, 2.05) is 17.0 Å². The van der Waals surface area contributed by atoms with Gasteiger partial charge in [-0.1, -0.05) is 31.0 Å². The lowest BCUT2D eigenvalue weighted by atomic mass is 10.1. The van der Waals surface area contributed by atoms with E-state index in [1.165, 1.54) is 37.0 Å². The molecule has 2 fully saturated rings. The number of hydrogen-bond donors (Lipinski definition) is 1. The van der Waals surface area contributed by atoms with Crippen LogP contribution < -0.4 is 4.72 Å². The Labute approximate surface area is 176 Å². The van der Waals surface area contributed by atoms with Crippen LogP contribution in [-0.4, -0.2) is 56.3 Å². The second-order valence-electron chi connectivity index (χ2n) is 7.77. The number of benzene rings is 1. The fourth-order valence-electron chi connectivity index (χ4n) is 4.20. The van der Waals surface area contributed by atoms with E-state index in [9.17, 15) is 13.2 Å². The first-order valence-corrected chi connectivity index (χ1v) is 12.5. The van der Waals surface area contributed by atoms with Gasteiger partial charge in [0.05, 0.1) is 6.42 Å². The second kappa shape index (κ2) is 8.85. The van der Waals surface area contributed by atoms with E-state index < -0.39 is 10.0 Å². The highest BCUT2D eigenvalue weighted by molar-refractivity contribution is 7.94. The summed E-state index contributed by atoms with van der Waals surface area (Å²) in [6.07, 6.45) is 5.63. The molecule has 1 N–H and O–H groups in total. The minimum absolute atomic E-state index is 0.142. The standard InChI is InChI=1S/C21H27N3O3S2/c25-20(24-13-11-23(12-14-24)19-4-1-2-5-19)16-17-7-9-18(10-8-17)22-29(26,27)21-6-3-15-28-21/h3,6-10,15,19,22H,1-2,4-5,11-14,16H2. The highest BCUT2D eigenvalue weighted by atomic mass is 32.2. The fraction of sp³-hybridized carbons (Fsp3) is 0.476.